The van der Waals surface area contributed by atoms with Gasteiger partial charge in [-0.2, -0.15) is 0 Å². The molecule has 1 aliphatic heterocycles. The molecule has 2 aliphatic rings. The number of carbonyl (C=O) groups is 2. The first-order valence-electron chi connectivity index (χ1n) is 4.59. The fourth-order valence-corrected chi connectivity index (χ4v) is 2.59. The van der Waals surface area contributed by atoms with Gasteiger partial charge in [-0.15, -0.1) is 11.8 Å². The average molecular weight is 209 g/mol. The molecule has 1 N–H and O–H groups in total. The van der Waals surface area contributed by atoms with Crippen LogP contribution < -0.4 is 5.32 Å². The zero-order valence-corrected chi connectivity index (χ0v) is 8.69. The van der Waals surface area contributed by atoms with Crippen molar-refractivity contribution >= 4 is 23.6 Å². The van der Waals surface area contributed by atoms with E-state index in [2.05, 4.69) is 11.4 Å². The lowest BCUT2D eigenvalue weighted by Crippen LogP contribution is -2.24. The number of allylic oxidation sites excluding steroid dienone is 2. The number of thioether (sulfide) groups is 1. The molecule has 0 bridgehead atoms. The van der Waals surface area contributed by atoms with Gasteiger partial charge in [0.05, 0.1) is 0 Å². The van der Waals surface area contributed by atoms with Crippen LogP contribution in [0, 0.1) is 0 Å². The van der Waals surface area contributed by atoms with Gasteiger partial charge in [0.25, 0.3) is 11.8 Å². The van der Waals surface area contributed by atoms with Crippen LogP contribution in [0.25, 0.3) is 0 Å². The van der Waals surface area contributed by atoms with Crippen LogP contribution in [-0.4, -0.2) is 17.1 Å². The summed E-state index contributed by atoms with van der Waals surface area (Å²) in [7, 11) is 0. The van der Waals surface area contributed by atoms with Crippen molar-refractivity contribution in [3.05, 3.63) is 22.6 Å². The van der Waals surface area contributed by atoms with E-state index >= 15 is 0 Å². The van der Waals surface area contributed by atoms with Crippen LogP contribution in [0.4, 0.5) is 0 Å². The highest BCUT2D eigenvalue weighted by Gasteiger charge is 2.26. The fraction of sp³-hybridized carbons (Fsp3) is 0.400. The van der Waals surface area contributed by atoms with Crippen LogP contribution in [0.1, 0.15) is 19.8 Å². The van der Waals surface area contributed by atoms with E-state index in [9.17, 15) is 9.59 Å². The quantitative estimate of drug-likeness (QED) is 0.714. The predicted octanol–water partition coefficient (Wildman–Crippen LogP) is 1.37. The molecule has 0 aromatic rings. The van der Waals surface area contributed by atoms with Gasteiger partial charge in [-0.05, 0) is 24.7 Å². The topological polar surface area (TPSA) is 46.2 Å². The van der Waals surface area contributed by atoms with Gasteiger partial charge in [0, 0.05) is 16.9 Å². The van der Waals surface area contributed by atoms with E-state index in [0.29, 0.717) is 5.57 Å². The summed E-state index contributed by atoms with van der Waals surface area (Å²) in [6, 6.07) is 0. The maximum absolute atomic E-state index is 11.3. The summed E-state index contributed by atoms with van der Waals surface area (Å²) in [5.41, 5.74) is 0.591. The van der Waals surface area contributed by atoms with Gasteiger partial charge >= 0.3 is 0 Å². The smallest absolute Gasteiger partial charge is 0.255 e. The van der Waals surface area contributed by atoms with Crippen molar-refractivity contribution in [1.29, 1.82) is 0 Å². The van der Waals surface area contributed by atoms with Crippen LogP contribution in [0.15, 0.2) is 22.6 Å². The maximum Gasteiger partial charge on any atom is 0.255 e. The second kappa shape index (κ2) is 3.61. The van der Waals surface area contributed by atoms with Crippen molar-refractivity contribution < 1.29 is 9.59 Å². The molecule has 2 amide bonds. The first kappa shape index (κ1) is 9.52. The van der Waals surface area contributed by atoms with Gasteiger partial charge in [-0.25, -0.2) is 0 Å². The zero-order valence-electron chi connectivity index (χ0n) is 7.87. The maximum atomic E-state index is 11.3. The summed E-state index contributed by atoms with van der Waals surface area (Å²) >= 11 is 1.67. The second-order valence-corrected chi connectivity index (χ2v) is 4.85. The zero-order chi connectivity index (χ0) is 10.1. The van der Waals surface area contributed by atoms with Gasteiger partial charge in [-0.1, -0.05) is 6.08 Å². The summed E-state index contributed by atoms with van der Waals surface area (Å²) in [4.78, 5) is 23.5. The molecule has 0 saturated carbocycles. The summed E-state index contributed by atoms with van der Waals surface area (Å²) < 4.78 is 0. The molecule has 0 radical (unpaired) electrons. The van der Waals surface area contributed by atoms with Gasteiger partial charge in [-0.3, -0.25) is 14.9 Å². The molecule has 74 valence electrons. The van der Waals surface area contributed by atoms with Crippen molar-refractivity contribution in [2.45, 2.75) is 25.0 Å². The molecule has 1 heterocycles. The van der Waals surface area contributed by atoms with Crippen LogP contribution in [0.5, 0.6) is 0 Å². The minimum atomic E-state index is -0.292. The van der Waals surface area contributed by atoms with E-state index in [4.69, 9.17) is 0 Å². The van der Waals surface area contributed by atoms with Crippen LogP contribution in [-0.2, 0) is 9.59 Å². The Balaban J connectivity index is 2.03. The highest BCUT2D eigenvalue weighted by atomic mass is 32.2. The minimum Gasteiger partial charge on any atom is -0.289 e. The van der Waals surface area contributed by atoms with E-state index in [0.717, 1.165) is 12.8 Å². The lowest BCUT2D eigenvalue weighted by atomic mass is 10.1. The van der Waals surface area contributed by atoms with Gasteiger partial charge in [0.2, 0.25) is 0 Å². The van der Waals surface area contributed by atoms with Gasteiger partial charge < -0.3 is 0 Å². The third-order valence-electron chi connectivity index (χ3n) is 2.31. The Morgan fingerprint density at radius 3 is 2.64 bits per heavy atom. The molecule has 2 rings (SSSR count). The largest absolute Gasteiger partial charge is 0.289 e. The van der Waals surface area contributed by atoms with Crippen molar-refractivity contribution in [2.75, 3.05) is 0 Å². The minimum absolute atomic E-state index is 0.0769. The molecule has 1 unspecified atom stereocenters. The lowest BCUT2D eigenvalue weighted by Gasteiger charge is -2.18. The Hall–Kier alpha value is -1.03. The monoisotopic (exact) mass is 209 g/mol. The van der Waals surface area contributed by atoms with Crippen molar-refractivity contribution in [2.24, 2.45) is 0 Å². The third-order valence-corrected chi connectivity index (χ3v) is 3.60. The van der Waals surface area contributed by atoms with E-state index in [1.807, 2.05) is 6.92 Å². The second-order valence-electron chi connectivity index (χ2n) is 3.39. The summed E-state index contributed by atoms with van der Waals surface area (Å²) in [6.07, 6.45) is 5.81. The first-order valence-corrected chi connectivity index (χ1v) is 5.47. The summed E-state index contributed by atoms with van der Waals surface area (Å²) in [6.45, 7) is 1.95. The number of hydrogen-bond donors (Lipinski definition) is 1. The molecule has 0 fully saturated rings. The molecule has 0 aromatic heterocycles. The van der Waals surface area contributed by atoms with Crippen molar-refractivity contribution in [3.8, 4) is 0 Å². The van der Waals surface area contributed by atoms with E-state index in [1.165, 1.54) is 11.0 Å². The van der Waals surface area contributed by atoms with Crippen LogP contribution in [0.3, 0.4) is 0 Å². The molecule has 0 aromatic carbocycles. The Kier molecular flexibility index (Phi) is 2.46. The molecular formula is C10H11NO2S. The summed E-state index contributed by atoms with van der Waals surface area (Å²) in [5, 5.41) is 2.33. The molecule has 4 heteroatoms. The highest BCUT2D eigenvalue weighted by molar-refractivity contribution is 8.03. The number of nitrogens with one attached hydrogen (secondary N) is 1. The van der Waals surface area contributed by atoms with E-state index in [1.54, 1.807) is 11.8 Å². The Morgan fingerprint density at radius 1 is 1.50 bits per heavy atom. The first-order chi connectivity index (χ1) is 6.66. The Bertz CT molecular complexity index is 357. The number of imide groups is 1. The van der Waals surface area contributed by atoms with Gasteiger partial charge in [0.1, 0.15) is 0 Å². The van der Waals surface area contributed by atoms with Crippen LogP contribution in [0.2, 0.25) is 0 Å². The molecule has 3 nitrogen and oxygen atoms in total. The van der Waals surface area contributed by atoms with Crippen LogP contribution >= 0.6 is 11.8 Å². The molecule has 0 saturated heterocycles. The Morgan fingerprint density at radius 2 is 2.21 bits per heavy atom. The highest BCUT2D eigenvalue weighted by Crippen LogP contribution is 2.35. The number of hydrogen-bond acceptors (Lipinski definition) is 3. The standard InChI is InChI=1S/C10H11NO2S/c1-6(14-7-3-2-4-7)8-5-9(12)11-10(8)13/h3,5-6H,2,4H2,1H3,(H,11,12,13). The number of amides is 2. The average Bonchev–Trinajstić information content (AvgIpc) is 2.37. The molecule has 0 spiro atoms. The number of carbonyl (C=O) groups excluding carboxylic acids is 2. The normalized spacial score (nSPS) is 22.4. The van der Waals surface area contributed by atoms with E-state index in [-0.39, 0.29) is 17.1 Å². The molecule has 1 aliphatic carbocycles. The predicted molar refractivity (Wildman–Crippen MR) is 55.6 cm³/mol. The van der Waals surface area contributed by atoms with E-state index < -0.39 is 0 Å². The SMILES string of the molecule is CC(SC1=CCC1)C1=CC(=O)NC1=O. The molecular weight excluding hydrogens is 198 g/mol. The molecule has 1 atom stereocenters. The third kappa shape index (κ3) is 1.75. The lowest BCUT2D eigenvalue weighted by molar-refractivity contribution is -0.123. The number of rotatable bonds is 3. The van der Waals surface area contributed by atoms with Crippen molar-refractivity contribution in [1.82, 2.24) is 5.32 Å². The van der Waals surface area contributed by atoms with Crippen molar-refractivity contribution in [3.63, 3.8) is 0 Å². The fourth-order valence-electron chi connectivity index (χ4n) is 1.39. The van der Waals surface area contributed by atoms with Gasteiger partial charge in [0.15, 0.2) is 0 Å². The molecule has 14 heavy (non-hydrogen) atoms. The Labute approximate surface area is 86.6 Å². The summed E-state index contributed by atoms with van der Waals surface area (Å²) in [5.74, 6) is -0.532.